The van der Waals surface area contributed by atoms with Gasteiger partial charge in [0.2, 0.25) is 0 Å². The first-order valence-electron chi connectivity index (χ1n) is 10.7. The summed E-state index contributed by atoms with van der Waals surface area (Å²) in [5.41, 5.74) is 6.22. The Hall–Kier alpha value is -3.52. The lowest BCUT2D eigenvalue weighted by Crippen LogP contribution is -2.05. The van der Waals surface area contributed by atoms with Crippen LogP contribution in [0.1, 0.15) is 27.3 Å². The topological polar surface area (TPSA) is 29.3 Å². The van der Waals surface area contributed by atoms with Crippen molar-refractivity contribution in [1.82, 2.24) is 9.38 Å². The molecular formula is C28H22ClN3S. The summed E-state index contributed by atoms with van der Waals surface area (Å²) in [4.78, 5) is 7.09. The standard InChI is InChI=1S/C28H22ClN3S/c1-19-16-20(2)32-26(17-19)31-27(28(32)30-18-22-10-6-7-11-24(22)29)25-15-14-23(33-25)13-12-21-8-4-3-5-9-21/h3-11,14-17,30H,18H2,1-2H3. The minimum Gasteiger partial charge on any atom is -0.365 e. The molecule has 0 atom stereocenters. The third-order valence-corrected chi connectivity index (χ3v) is 6.77. The second kappa shape index (κ2) is 9.15. The molecule has 0 bridgehead atoms. The Balaban J connectivity index is 1.55. The van der Waals surface area contributed by atoms with Crippen LogP contribution < -0.4 is 5.32 Å². The van der Waals surface area contributed by atoms with Gasteiger partial charge in [-0.25, -0.2) is 4.98 Å². The fourth-order valence-electron chi connectivity index (χ4n) is 3.87. The van der Waals surface area contributed by atoms with E-state index >= 15 is 0 Å². The van der Waals surface area contributed by atoms with Crippen LogP contribution in [-0.4, -0.2) is 9.38 Å². The molecule has 0 saturated carbocycles. The maximum Gasteiger partial charge on any atom is 0.140 e. The zero-order chi connectivity index (χ0) is 22.8. The van der Waals surface area contributed by atoms with Crippen LogP contribution in [0.15, 0.2) is 78.9 Å². The number of halogens is 1. The molecule has 0 spiro atoms. The van der Waals surface area contributed by atoms with Crippen molar-refractivity contribution in [2.75, 3.05) is 5.32 Å². The second-order valence-corrected chi connectivity index (χ2v) is 9.39. The number of nitrogens with zero attached hydrogens (tertiary/aromatic N) is 2. The molecule has 33 heavy (non-hydrogen) atoms. The smallest absolute Gasteiger partial charge is 0.140 e. The van der Waals surface area contributed by atoms with E-state index < -0.39 is 0 Å². The average molecular weight is 468 g/mol. The second-order valence-electron chi connectivity index (χ2n) is 7.90. The van der Waals surface area contributed by atoms with Crippen molar-refractivity contribution in [3.8, 4) is 22.4 Å². The van der Waals surface area contributed by atoms with Gasteiger partial charge in [0.25, 0.3) is 0 Å². The zero-order valence-corrected chi connectivity index (χ0v) is 20.0. The summed E-state index contributed by atoms with van der Waals surface area (Å²) in [5.74, 6) is 7.49. The van der Waals surface area contributed by atoms with Crippen LogP contribution in [0.3, 0.4) is 0 Å². The maximum absolute atomic E-state index is 6.40. The van der Waals surface area contributed by atoms with Gasteiger partial charge in [-0.05, 0) is 67.4 Å². The summed E-state index contributed by atoms with van der Waals surface area (Å²) in [6.07, 6.45) is 0. The van der Waals surface area contributed by atoms with E-state index in [1.54, 1.807) is 11.3 Å². The van der Waals surface area contributed by atoms with Crippen LogP contribution in [0.25, 0.3) is 16.2 Å². The number of benzene rings is 2. The lowest BCUT2D eigenvalue weighted by atomic mass is 10.2. The van der Waals surface area contributed by atoms with Gasteiger partial charge in [0.05, 0.1) is 9.75 Å². The van der Waals surface area contributed by atoms with Gasteiger partial charge in [0, 0.05) is 22.8 Å². The molecule has 0 unspecified atom stereocenters. The van der Waals surface area contributed by atoms with Crippen LogP contribution in [0.4, 0.5) is 5.82 Å². The first kappa shape index (κ1) is 21.3. The number of imidazole rings is 1. The number of aryl methyl sites for hydroxylation is 2. The van der Waals surface area contributed by atoms with E-state index in [1.165, 1.54) is 5.56 Å². The van der Waals surface area contributed by atoms with Crippen LogP contribution >= 0.6 is 22.9 Å². The van der Waals surface area contributed by atoms with Crippen molar-refractivity contribution < 1.29 is 0 Å². The molecule has 3 heterocycles. The van der Waals surface area contributed by atoms with Crippen molar-refractivity contribution in [2.45, 2.75) is 20.4 Å². The third-order valence-electron chi connectivity index (χ3n) is 5.40. The highest BCUT2D eigenvalue weighted by Gasteiger charge is 2.17. The Labute approximate surface area is 202 Å². The van der Waals surface area contributed by atoms with Crippen molar-refractivity contribution in [3.63, 3.8) is 0 Å². The number of nitrogens with one attached hydrogen (secondary N) is 1. The molecule has 0 aliphatic carbocycles. The average Bonchev–Trinajstić information content (AvgIpc) is 3.42. The highest BCUT2D eigenvalue weighted by molar-refractivity contribution is 7.16. The molecule has 5 rings (SSSR count). The first-order valence-corrected chi connectivity index (χ1v) is 11.9. The molecule has 3 nitrogen and oxygen atoms in total. The van der Waals surface area contributed by atoms with E-state index in [0.717, 1.165) is 48.8 Å². The van der Waals surface area contributed by atoms with E-state index in [4.69, 9.17) is 16.6 Å². The summed E-state index contributed by atoms with van der Waals surface area (Å²) < 4.78 is 2.17. The number of hydrogen-bond acceptors (Lipinski definition) is 3. The number of fused-ring (bicyclic) bond motifs is 1. The lowest BCUT2D eigenvalue weighted by molar-refractivity contribution is 1.04. The van der Waals surface area contributed by atoms with E-state index in [2.05, 4.69) is 59.7 Å². The molecule has 0 aliphatic heterocycles. The van der Waals surface area contributed by atoms with E-state index in [9.17, 15) is 0 Å². The Morgan fingerprint density at radius 3 is 2.55 bits per heavy atom. The highest BCUT2D eigenvalue weighted by atomic mass is 35.5. The molecule has 0 radical (unpaired) electrons. The first-order chi connectivity index (χ1) is 16.1. The van der Waals surface area contributed by atoms with Crippen molar-refractivity contribution in [3.05, 3.63) is 111 Å². The van der Waals surface area contributed by atoms with Gasteiger partial charge in [-0.1, -0.05) is 59.8 Å². The van der Waals surface area contributed by atoms with Crippen molar-refractivity contribution in [1.29, 1.82) is 0 Å². The van der Waals surface area contributed by atoms with Gasteiger partial charge in [-0.3, -0.25) is 4.40 Å². The van der Waals surface area contributed by atoms with Crippen LogP contribution in [0.2, 0.25) is 5.02 Å². The van der Waals surface area contributed by atoms with Gasteiger partial charge in [0.1, 0.15) is 17.2 Å². The van der Waals surface area contributed by atoms with Gasteiger partial charge >= 0.3 is 0 Å². The fraction of sp³-hybridized carbons (Fsp3) is 0.107. The van der Waals surface area contributed by atoms with Crippen LogP contribution in [0.5, 0.6) is 0 Å². The number of anilines is 1. The number of pyridine rings is 1. The third kappa shape index (κ3) is 4.52. The Bertz CT molecular complexity index is 1500. The minimum atomic E-state index is 0.611. The number of aromatic nitrogens is 2. The monoisotopic (exact) mass is 467 g/mol. The maximum atomic E-state index is 6.40. The molecule has 5 aromatic rings. The highest BCUT2D eigenvalue weighted by Crippen LogP contribution is 2.35. The largest absolute Gasteiger partial charge is 0.365 e. The summed E-state index contributed by atoms with van der Waals surface area (Å²) in [6, 6.07) is 26.4. The molecule has 162 valence electrons. The Morgan fingerprint density at radius 1 is 0.939 bits per heavy atom. The van der Waals surface area contributed by atoms with Gasteiger partial charge < -0.3 is 5.32 Å². The molecule has 0 amide bonds. The van der Waals surface area contributed by atoms with E-state index in [-0.39, 0.29) is 0 Å². The summed E-state index contributed by atoms with van der Waals surface area (Å²) in [7, 11) is 0. The molecule has 2 aromatic carbocycles. The number of rotatable bonds is 4. The van der Waals surface area contributed by atoms with Crippen molar-refractivity contribution >= 4 is 34.4 Å². The Morgan fingerprint density at radius 2 is 1.73 bits per heavy atom. The molecular weight excluding hydrogens is 446 g/mol. The molecule has 0 fully saturated rings. The molecule has 0 saturated heterocycles. The Kier molecular flexibility index (Phi) is 5.92. The molecule has 0 aliphatic rings. The quantitative estimate of drug-likeness (QED) is 0.280. The van der Waals surface area contributed by atoms with Gasteiger partial charge in [0.15, 0.2) is 0 Å². The summed E-state index contributed by atoms with van der Waals surface area (Å²) >= 11 is 8.06. The SMILES string of the molecule is Cc1cc(C)n2c(NCc3ccccc3Cl)c(-c3ccc(C#Cc4ccccc4)s3)nc2c1. The number of hydrogen-bond donors (Lipinski definition) is 1. The lowest BCUT2D eigenvalue weighted by Gasteiger charge is -2.11. The van der Waals surface area contributed by atoms with Crippen molar-refractivity contribution in [2.24, 2.45) is 0 Å². The normalized spacial score (nSPS) is 10.8. The van der Waals surface area contributed by atoms with Gasteiger partial charge in [-0.2, -0.15) is 0 Å². The molecule has 1 N–H and O–H groups in total. The fourth-order valence-corrected chi connectivity index (χ4v) is 4.93. The molecule has 3 aromatic heterocycles. The summed E-state index contributed by atoms with van der Waals surface area (Å²) in [6.45, 7) is 4.82. The van der Waals surface area contributed by atoms with E-state index in [0.29, 0.717) is 6.54 Å². The predicted molar refractivity (Wildman–Crippen MR) is 139 cm³/mol. The minimum absolute atomic E-state index is 0.611. The van der Waals surface area contributed by atoms with E-state index in [1.807, 2.05) is 54.6 Å². The van der Waals surface area contributed by atoms with Crippen LogP contribution in [-0.2, 0) is 6.54 Å². The number of thiophene rings is 1. The molecule has 5 heteroatoms. The summed E-state index contributed by atoms with van der Waals surface area (Å²) in [5, 5.41) is 4.36. The van der Waals surface area contributed by atoms with Crippen LogP contribution in [0, 0.1) is 25.7 Å². The zero-order valence-electron chi connectivity index (χ0n) is 18.4. The predicted octanol–water partition coefficient (Wildman–Crippen LogP) is 7.34. The van der Waals surface area contributed by atoms with Gasteiger partial charge in [-0.15, -0.1) is 11.3 Å².